The third-order valence-electron chi connectivity index (χ3n) is 5.40. The van der Waals surface area contributed by atoms with E-state index in [9.17, 15) is 9.59 Å². The van der Waals surface area contributed by atoms with Gasteiger partial charge < -0.3 is 14.5 Å². The SMILES string of the molecule is O=C(CCN1CCN(C(=O)CCOc2ccccc2)CC1)N1CCCCC1. The van der Waals surface area contributed by atoms with Crippen LogP contribution in [0.3, 0.4) is 0 Å². The molecule has 2 amide bonds. The van der Waals surface area contributed by atoms with Gasteiger partial charge in [0.2, 0.25) is 11.8 Å². The van der Waals surface area contributed by atoms with E-state index in [1.165, 1.54) is 6.42 Å². The van der Waals surface area contributed by atoms with Crippen LogP contribution in [0.15, 0.2) is 30.3 Å². The van der Waals surface area contributed by atoms with E-state index in [-0.39, 0.29) is 11.8 Å². The Bertz CT molecular complexity index is 594. The molecule has 0 atom stereocenters. The number of piperidine rings is 1. The highest BCUT2D eigenvalue weighted by atomic mass is 16.5. The van der Waals surface area contributed by atoms with Crippen LogP contribution in [0.1, 0.15) is 32.1 Å². The van der Waals surface area contributed by atoms with Gasteiger partial charge in [-0.25, -0.2) is 0 Å². The van der Waals surface area contributed by atoms with E-state index >= 15 is 0 Å². The number of ether oxygens (including phenoxy) is 1. The molecule has 3 rings (SSSR count). The van der Waals surface area contributed by atoms with Gasteiger partial charge in [-0.2, -0.15) is 0 Å². The van der Waals surface area contributed by atoms with E-state index in [0.717, 1.165) is 64.4 Å². The highest BCUT2D eigenvalue weighted by Crippen LogP contribution is 2.12. The van der Waals surface area contributed by atoms with Crippen LogP contribution in [0.2, 0.25) is 0 Å². The van der Waals surface area contributed by atoms with Crippen LogP contribution in [0.5, 0.6) is 5.75 Å². The summed E-state index contributed by atoms with van der Waals surface area (Å²) in [7, 11) is 0. The number of hydrogen-bond acceptors (Lipinski definition) is 4. The summed E-state index contributed by atoms with van der Waals surface area (Å²) in [5, 5.41) is 0. The Morgan fingerprint density at radius 2 is 1.41 bits per heavy atom. The molecule has 6 heteroatoms. The molecule has 1 aromatic carbocycles. The zero-order chi connectivity index (χ0) is 18.9. The number of hydrogen-bond donors (Lipinski definition) is 0. The van der Waals surface area contributed by atoms with Gasteiger partial charge in [-0.3, -0.25) is 14.5 Å². The standard InChI is InChI=1S/C21H31N3O3/c25-20(23-11-5-2-6-12-23)9-13-22-14-16-24(17-15-22)21(26)10-18-27-19-7-3-1-4-8-19/h1,3-4,7-8H,2,5-6,9-18H2. The molecule has 0 bridgehead atoms. The molecule has 0 spiro atoms. The highest BCUT2D eigenvalue weighted by molar-refractivity contribution is 5.77. The molecule has 2 saturated heterocycles. The molecule has 0 aromatic heterocycles. The minimum Gasteiger partial charge on any atom is -0.493 e. The fourth-order valence-corrected chi connectivity index (χ4v) is 3.71. The third kappa shape index (κ3) is 6.24. The summed E-state index contributed by atoms with van der Waals surface area (Å²) >= 11 is 0. The molecule has 2 fully saturated rings. The fourth-order valence-electron chi connectivity index (χ4n) is 3.71. The first-order valence-electron chi connectivity index (χ1n) is 10.2. The number of piperazine rings is 1. The first-order valence-corrected chi connectivity index (χ1v) is 10.2. The van der Waals surface area contributed by atoms with Crippen molar-refractivity contribution in [3.05, 3.63) is 30.3 Å². The van der Waals surface area contributed by atoms with E-state index < -0.39 is 0 Å². The number of nitrogens with zero attached hydrogens (tertiary/aromatic N) is 3. The van der Waals surface area contributed by atoms with Crippen LogP contribution in [0.25, 0.3) is 0 Å². The first-order chi connectivity index (χ1) is 13.2. The predicted octanol–water partition coefficient (Wildman–Crippen LogP) is 2.00. The maximum atomic E-state index is 12.3. The Kier molecular flexibility index (Phi) is 7.51. The predicted molar refractivity (Wildman–Crippen MR) is 105 cm³/mol. The second-order valence-corrected chi connectivity index (χ2v) is 7.33. The number of amides is 2. The third-order valence-corrected chi connectivity index (χ3v) is 5.40. The van der Waals surface area contributed by atoms with Crippen molar-refractivity contribution in [3.8, 4) is 5.75 Å². The zero-order valence-electron chi connectivity index (χ0n) is 16.1. The summed E-state index contributed by atoms with van der Waals surface area (Å²) in [6.07, 6.45) is 4.53. The van der Waals surface area contributed by atoms with Gasteiger partial charge in [-0.1, -0.05) is 18.2 Å². The van der Waals surface area contributed by atoms with Gasteiger partial charge in [-0.15, -0.1) is 0 Å². The van der Waals surface area contributed by atoms with Gasteiger partial charge in [0.1, 0.15) is 5.75 Å². The molecule has 0 radical (unpaired) electrons. The summed E-state index contributed by atoms with van der Waals surface area (Å²) in [5.74, 6) is 1.23. The van der Waals surface area contributed by atoms with Crippen LogP contribution in [0.4, 0.5) is 0 Å². The van der Waals surface area contributed by atoms with Crippen molar-refractivity contribution in [1.82, 2.24) is 14.7 Å². The summed E-state index contributed by atoms with van der Waals surface area (Å²) < 4.78 is 5.61. The lowest BCUT2D eigenvalue weighted by molar-refractivity contribution is -0.135. The summed E-state index contributed by atoms with van der Waals surface area (Å²) in [5.41, 5.74) is 0. The second-order valence-electron chi connectivity index (χ2n) is 7.33. The molecule has 0 N–H and O–H groups in total. The molecule has 148 valence electrons. The van der Waals surface area contributed by atoms with Gasteiger partial charge in [0.05, 0.1) is 13.0 Å². The lowest BCUT2D eigenvalue weighted by Gasteiger charge is -2.35. The smallest absolute Gasteiger partial charge is 0.226 e. The topological polar surface area (TPSA) is 53.1 Å². The number of benzene rings is 1. The Morgan fingerprint density at radius 3 is 2.11 bits per heavy atom. The second kappa shape index (κ2) is 10.3. The minimum absolute atomic E-state index is 0.148. The van der Waals surface area contributed by atoms with E-state index in [4.69, 9.17) is 4.74 Å². The normalized spacial score (nSPS) is 18.4. The lowest BCUT2D eigenvalue weighted by atomic mass is 10.1. The van der Waals surface area contributed by atoms with Crippen molar-refractivity contribution in [2.45, 2.75) is 32.1 Å². The number of carbonyl (C=O) groups excluding carboxylic acids is 2. The maximum Gasteiger partial charge on any atom is 0.226 e. The molecule has 2 aliphatic heterocycles. The Labute approximate surface area is 162 Å². The largest absolute Gasteiger partial charge is 0.493 e. The Morgan fingerprint density at radius 1 is 0.778 bits per heavy atom. The number of rotatable bonds is 7. The average Bonchev–Trinajstić information content (AvgIpc) is 2.73. The molecule has 2 heterocycles. The number of likely N-dealkylation sites (tertiary alicyclic amines) is 1. The van der Waals surface area contributed by atoms with Gasteiger partial charge in [0.25, 0.3) is 0 Å². The van der Waals surface area contributed by atoms with Crippen LogP contribution in [-0.2, 0) is 9.59 Å². The van der Waals surface area contributed by atoms with E-state index in [0.29, 0.717) is 19.4 Å². The molecular formula is C21H31N3O3. The van der Waals surface area contributed by atoms with E-state index in [1.807, 2.05) is 40.1 Å². The molecule has 2 aliphatic rings. The van der Waals surface area contributed by atoms with Crippen molar-refractivity contribution in [2.75, 3.05) is 52.4 Å². The molecule has 0 unspecified atom stereocenters. The van der Waals surface area contributed by atoms with Gasteiger partial charge in [-0.05, 0) is 31.4 Å². The Balaban J connectivity index is 1.30. The summed E-state index contributed by atoms with van der Waals surface area (Å²) in [6.45, 7) is 6.22. The van der Waals surface area contributed by atoms with Crippen molar-refractivity contribution in [2.24, 2.45) is 0 Å². The highest BCUT2D eigenvalue weighted by Gasteiger charge is 2.22. The lowest BCUT2D eigenvalue weighted by Crippen LogP contribution is -2.49. The quantitative estimate of drug-likeness (QED) is 0.734. The average molecular weight is 373 g/mol. The number of carbonyl (C=O) groups is 2. The maximum absolute atomic E-state index is 12.3. The molecule has 0 aliphatic carbocycles. The van der Waals surface area contributed by atoms with E-state index in [2.05, 4.69) is 4.90 Å². The molecular weight excluding hydrogens is 342 g/mol. The van der Waals surface area contributed by atoms with Gasteiger partial charge in [0, 0.05) is 52.2 Å². The number of para-hydroxylation sites is 1. The molecule has 1 aromatic rings. The zero-order valence-corrected chi connectivity index (χ0v) is 16.1. The first kappa shape index (κ1) is 19.7. The molecule has 6 nitrogen and oxygen atoms in total. The van der Waals surface area contributed by atoms with E-state index in [1.54, 1.807) is 0 Å². The van der Waals surface area contributed by atoms with Gasteiger partial charge in [0.15, 0.2) is 0 Å². The van der Waals surface area contributed by atoms with Crippen LogP contribution in [0, 0.1) is 0 Å². The minimum atomic E-state index is 0.148. The Hall–Kier alpha value is -2.08. The van der Waals surface area contributed by atoms with Crippen LogP contribution >= 0.6 is 0 Å². The van der Waals surface area contributed by atoms with Crippen molar-refractivity contribution < 1.29 is 14.3 Å². The van der Waals surface area contributed by atoms with Crippen molar-refractivity contribution in [3.63, 3.8) is 0 Å². The van der Waals surface area contributed by atoms with Crippen molar-refractivity contribution >= 4 is 11.8 Å². The summed E-state index contributed by atoms with van der Waals surface area (Å²) in [6, 6.07) is 9.58. The van der Waals surface area contributed by atoms with Crippen molar-refractivity contribution in [1.29, 1.82) is 0 Å². The van der Waals surface area contributed by atoms with Gasteiger partial charge >= 0.3 is 0 Å². The fraction of sp³-hybridized carbons (Fsp3) is 0.619. The monoisotopic (exact) mass is 373 g/mol. The summed E-state index contributed by atoms with van der Waals surface area (Å²) in [4.78, 5) is 30.8. The van der Waals surface area contributed by atoms with Crippen LogP contribution < -0.4 is 4.74 Å². The van der Waals surface area contributed by atoms with Crippen LogP contribution in [-0.4, -0.2) is 78.9 Å². The molecule has 27 heavy (non-hydrogen) atoms. The molecule has 0 saturated carbocycles.